The number of ether oxygens (including phenoxy) is 1. The molecule has 0 fully saturated rings. The lowest BCUT2D eigenvalue weighted by Crippen LogP contribution is -2.31. The molecule has 1 atom stereocenters. The van der Waals surface area contributed by atoms with Gasteiger partial charge in [0.2, 0.25) is 10.0 Å². The van der Waals surface area contributed by atoms with Gasteiger partial charge in [-0.2, -0.15) is 0 Å². The highest BCUT2D eigenvalue weighted by molar-refractivity contribution is 7.89. The first kappa shape index (κ1) is 23.4. The molecule has 0 aromatic heterocycles. The quantitative estimate of drug-likeness (QED) is 0.507. The lowest BCUT2D eigenvalue weighted by atomic mass is 10.00. The van der Waals surface area contributed by atoms with Gasteiger partial charge in [-0.25, -0.2) is 17.9 Å². The molecular formula is C24H26N2O5S. The van der Waals surface area contributed by atoms with Gasteiger partial charge in [0.15, 0.2) is 6.61 Å². The minimum absolute atomic E-state index is 0.0466. The molecule has 2 N–H and O–H groups in total. The first-order valence-electron chi connectivity index (χ1n) is 10.2. The van der Waals surface area contributed by atoms with Gasteiger partial charge in [-0.15, -0.1) is 0 Å². The van der Waals surface area contributed by atoms with Crippen LogP contribution in [0.25, 0.3) is 10.8 Å². The van der Waals surface area contributed by atoms with Gasteiger partial charge in [-0.1, -0.05) is 48.5 Å². The Morgan fingerprint density at radius 2 is 1.62 bits per heavy atom. The molecule has 1 unspecified atom stereocenters. The van der Waals surface area contributed by atoms with E-state index in [1.807, 2.05) is 49.4 Å². The van der Waals surface area contributed by atoms with Gasteiger partial charge in [0.1, 0.15) is 0 Å². The van der Waals surface area contributed by atoms with Gasteiger partial charge in [0.25, 0.3) is 5.91 Å². The molecule has 3 aromatic rings. The summed E-state index contributed by atoms with van der Waals surface area (Å²) in [5.41, 5.74) is 1.00. The molecule has 0 saturated carbocycles. The maximum atomic E-state index is 12.4. The predicted octanol–water partition coefficient (Wildman–Crippen LogP) is 3.56. The number of rotatable bonds is 8. The zero-order valence-electron chi connectivity index (χ0n) is 18.2. The monoisotopic (exact) mass is 454 g/mol. The maximum Gasteiger partial charge on any atom is 0.338 e. The summed E-state index contributed by atoms with van der Waals surface area (Å²) < 4.78 is 32.2. The second-order valence-corrected chi connectivity index (χ2v) is 9.45. The summed E-state index contributed by atoms with van der Waals surface area (Å²) >= 11 is 0. The fraction of sp³-hybridized carbons (Fsp3) is 0.250. The SMILES string of the molecule is CC(C)NS(=O)(=O)c1cccc(C(=O)OCC(=O)NC(C)c2cccc3ccccc23)c1. The zero-order chi connectivity index (χ0) is 23.3. The maximum absolute atomic E-state index is 12.4. The van der Waals surface area contributed by atoms with E-state index >= 15 is 0 Å². The molecule has 0 saturated heterocycles. The first-order chi connectivity index (χ1) is 15.2. The van der Waals surface area contributed by atoms with Gasteiger partial charge in [0, 0.05) is 6.04 Å². The van der Waals surface area contributed by atoms with Crippen molar-refractivity contribution >= 4 is 32.7 Å². The van der Waals surface area contributed by atoms with Crippen LogP contribution in [-0.2, 0) is 19.6 Å². The Morgan fingerprint density at radius 3 is 2.38 bits per heavy atom. The van der Waals surface area contributed by atoms with E-state index in [-0.39, 0.29) is 22.5 Å². The third kappa shape index (κ3) is 5.72. The Bertz CT molecular complexity index is 1230. The number of nitrogens with one attached hydrogen (secondary N) is 2. The first-order valence-corrected chi connectivity index (χ1v) is 11.7. The molecule has 3 aromatic carbocycles. The van der Waals surface area contributed by atoms with Crippen molar-refractivity contribution in [1.29, 1.82) is 0 Å². The van der Waals surface area contributed by atoms with Crippen molar-refractivity contribution in [1.82, 2.24) is 10.0 Å². The van der Waals surface area contributed by atoms with Crippen molar-refractivity contribution in [3.05, 3.63) is 77.9 Å². The number of benzene rings is 3. The molecule has 0 spiro atoms. The lowest BCUT2D eigenvalue weighted by molar-refractivity contribution is -0.124. The van der Waals surface area contributed by atoms with E-state index in [2.05, 4.69) is 10.0 Å². The van der Waals surface area contributed by atoms with Crippen LogP contribution in [0.2, 0.25) is 0 Å². The largest absolute Gasteiger partial charge is 0.452 e. The van der Waals surface area contributed by atoms with Crippen LogP contribution in [0.4, 0.5) is 0 Å². The van der Waals surface area contributed by atoms with Crippen LogP contribution in [0.5, 0.6) is 0 Å². The molecule has 3 rings (SSSR count). The van der Waals surface area contributed by atoms with E-state index in [1.54, 1.807) is 13.8 Å². The highest BCUT2D eigenvalue weighted by atomic mass is 32.2. The van der Waals surface area contributed by atoms with Crippen molar-refractivity contribution in [2.45, 2.75) is 37.8 Å². The van der Waals surface area contributed by atoms with E-state index in [9.17, 15) is 18.0 Å². The molecule has 1 amide bonds. The predicted molar refractivity (Wildman–Crippen MR) is 123 cm³/mol. The fourth-order valence-electron chi connectivity index (χ4n) is 3.37. The summed E-state index contributed by atoms with van der Waals surface area (Å²) in [5, 5.41) is 4.93. The van der Waals surface area contributed by atoms with E-state index in [0.29, 0.717) is 0 Å². The summed E-state index contributed by atoms with van der Waals surface area (Å²) in [6, 6.07) is 18.7. The number of amides is 1. The second-order valence-electron chi connectivity index (χ2n) is 7.74. The van der Waals surface area contributed by atoms with Crippen LogP contribution >= 0.6 is 0 Å². The van der Waals surface area contributed by atoms with E-state index in [0.717, 1.165) is 16.3 Å². The van der Waals surface area contributed by atoms with Crippen molar-refractivity contribution in [2.75, 3.05) is 6.61 Å². The van der Waals surface area contributed by atoms with Crippen molar-refractivity contribution in [3.8, 4) is 0 Å². The molecule has 8 heteroatoms. The van der Waals surface area contributed by atoms with Crippen LogP contribution in [0, 0.1) is 0 Å². The standard InChI is InChI=1S/C24H26N2O5S/c1-16(2)26-32(29,30)20-11-6-10-19(14-20)24(28)31-15-23(27)25-17(3)21-13-7-9-18-8-4-5-12-22(18)21/h4-14,16-17,26H,15H2,1-3H3,(H,25,27). The summed E-state index contributed by atoms with van der Waals surface area (Å²) in [6.45, 7) is 4.79. The fourth-order valence-corrected chi connectivity index (χ4v) is 4.67. The summed E-state index contributed by atoms with van der Waals surface area (Å²) in [4.78, 5) is 24.7. The van der Waals surface area contributed by atoms with Crippen LogP contribution < -0.4 is 10.0 Å². The number of sulfonamides is 1. The van der Waals surface area contributed by atoms with Crippen LogP contribution in [-0.4, -0.2) is 32.9 Å². The number of carbonyl (C=O) groups is 2. The third-order valence-electron chi connectivity index (χ3n) is 4.77. The number of fused-ring (bicyclic) bond motifs is 1. The molecule has 0 aliphatic rings. The molecule has 0 aliphatic carbocycles. The van der Waals surface area contributed by atoms with E-state index in [1.165, 1.54) is 24.3 Å². The van der Waals surface area contributed by atoms with E-state index < -0.39 is 28.5 Å². The van der Waals surface area contributed by atoms with E-state index in [4.69, 9.17) is 4.74 Å². The minimum Gasteiger partial charge on any atom is -0.452 e. The van der Waals surface area contributed by atoms with Crippen LogP contribution in [0.15, 0.2) is 71.6 Å². The normalized spacial score (nSPS) is 12.5. The molecule has 0 radical (unpaired) electrons. The Hall–Kier alpha value is -3.23. The number of esters is 1. The lowest BCUT2D eigenvalue weighted by Gasteiger charge is -2.16. The summed E-state index contributed by atoms with van der Waals surface area (Å²) in [6.07, 6.45) is 0. The smallest absolute Gasteiger partial charge is 0.338 e. The van der Waals surface area contributed by atoms with Crippen molar-refractivity contribution < 1.29 is 22.7 Å². The van der Waals surface area contributed by atoms with Gasteiger partial charge in [-0.05, 0) is 55.3 Å². The van der Waals surface area contributed by atoms with Crippen molar-refractivity contribution in [3.63, 3.8) is 0 Å². The minimum atomic E-state index is -3.75. The highest BCUT2D eigenvalue weighted by Crippen LogP contribution is 2.24. The number of hydrogen-bond acceptors (Lipinski definition) is 5. The average Bonchev–Trinajstić information content (AvgIpc) is 2.76. The molecule has 7 nitrogen and oxygen atoms in total. The van der Waals surface area contributed by atoms with Gasteiger partial charge in [-0.3, -0.25) is 4.79 Å². The van der Waals surface area contributed by atoms with Gasteiger partial charge < -0.3 is 10.1 Å². The zero-order valence-corrected chi connectivity index (χ0v) is 19.0. The molecule has 0 heterocycles. The Morgan fingerprint density at radius 1 is 0.938 bits per heavy atom. The van der Waals surface area contributed by atoms with Crippen LogP contribution in [0.3, 0.4) is 0 Å². The molecule has 0 aliphatic heterocycles. The number of hydrogen-bond donors (Lipinski definition) is 2. The Kier molecular flexibility index (Phi) is 7.27. The molecule has 0 bridgehead atoms. The molecular weight excluding hydrogens is 428 g/mol. The summed E-state index contributed by atoms with van der Waals surface area (Å²) in [5.74, 6) is -1.23. The van der Waals surface area contributed by atoms with Crippen LogP contribution in [0.1, 0.15) is 42.7 Å². The third-order valence-corrected chi connectivity index (χ3v) is 6.43. The summed E-state index contributed by atoms with van der Waals surface area (Å²) in [7, 11) is -3.75. The van der Waals surface area contributed by atoms with Gasteiger partial charge in [0.05, 0.1) is 16.5 Å². The van der Waals surface area contributed by atoms with Gasteiger partial charge >= 0.3 is 5.97 Å². The molecule has 32 heavy (non-hydrogen) atoms. The topological polar surface area (TPSA) is 102 Å². The Labute approximate surface area is 187 Å². The highest BCUT2D eigenvalue weighted by Gasteiger charge is 2.19. The Balaban J connectivity index is 1.63. The average molecular weight is 455 g/mol. The second kappa shape index (κ2) is 9.93. The van der Waals surface area contributed by atoms with Crippen molar-refractivity contribution in [2.24, 2.45) is 0 Å². The molecule has 168 valence electrons. The number of carbonyl (C=O) groups excluding carboxylic acids is 2.